The zero-order chi connectivity index (χ0) is 14.9. The maximum Gasteiger partial charge on any atom is 0.289 e. The Balaban J connectivity index is 1.52. The molecule has 1 amide bonds. The van der Waals surface area contributed by atoms with Gasteiger partial charge in [-0.05, 0) is 55.6 Å². The van der Waals surface area contributed by atoms with E-state index in [9.17, 15) is 4.79 Å². The van der Waals surface area contributed by atoms with Gasteiger partial charge in [-0.3, -0.25) is 9.78 Å². The van der Waals surface area contributed by atoms with E-state index in [0.29, 0.717) is 23.4 Å². The predicted octanol–water partition coefficient (Wildman–Crippen LogP) is 2.02. The van der Waals surface area contributed by atoms with Crippen LogP contribution in [0.15, 0.2) is 40.9 Å². The fraction of sp³-hybridized carbons (Fsp3) is 0.412. The summed E-state index contributed by atoms with van der Waals surface area (Å²) >= 11 is 0. The summed E-state index contributed by atoms with van der Waals surface area (Å²) in [6, 6.07) is 9.23. The van der Waals surface area contributed by atoms with Gasteiger partial charge < -0.3 is 14.6 Å². The molecule has 1 N–H and O–H groups in total. The Morgan fingerprint density at radius 1 is 1.18 bits per heavy atom. The van der Waals surface area contributed by atoms with Crippen LogP contribution in [0.2, 0.25) is 0 Å². The molecule has 2 aliphatic rings. The number of nitrogens with one attached hydrogen (secondary N) is 1. The first-order valence-corrected chi connectivity index (χ1v) is 7.81. The lowest BCUT2D eigenvalue weighted by molar-refractivity contribution is 0.0509. The lowest BCUT2D eigenvalue weighted by Gasteiger charge is -2.41. The monoisotopic (exact) mass is 297 g/mol. The molecule has 2 bridgehead atoms. The molecule has 114 valence electrons. The van der Waals surface area contributed by atoms with Crippen molar-refractivity contribution in [1.82, 2.24) is 15.2 Å². The first-order chi connectivity index (χ1) is 10.8. The predicted molar refractivity (Wildman–Crippen MR) is 82.3 cm³/mol. The SMILES string of the molecule is O=C(c1ccc(-c2ccccn2)o1)N1CC2CNCC(C2)C1. The van der Waals surface area contributed by atoms with Gasteiger partial charge >= 0.3 is 0 Å². The van der Waals surface area contributed by atoms with Crippen LogP contribution in [-0.2, 0) is 0 Å². The zero-order valence-electron chi connectivity index (χ0n) is 12.4. The van der Waals surface area contributed by atoms with Gasteiger partial charge in [0.2, 0.25) is 0 Å². The van der Waals surface area contributed by atoms with E-state index in [1.165, 1.54) is 6.42 Å². The highest BCUT2D eigenvalue weighted by Crippen LogP contribution is 2.27. The fourth-order valence-corrected chi connectivity index (χ4v) is 3.53. The molecule has 2 aromatic heterocycles. The number of hydrogen-bond donors (Lipinski definition) is 1. The molecular weight excluding hydrogens is 278 g/mol. The number of furan rings is 1. The fourth-order valence-electron chi connectivity index (χ4n) is 3.53. The molecule has 5 heteroatoms. The van der Waals surface area contributed by atoms with Gasteiger partial charge in [0.15, 0.2) is 11.5 Å². The second-order valence-electron chi connectivity index (χ2n) is 6.22. The Kier molecular flexibility index (Phi) is 3.42. The third kappa shape index (κ3) is 2.52. The van der Waals surface area contributed by atoms with Gasteiger partial charge in [-0.15, -0.1) is 0 Å². The van der Waals surface area contributed by atoms with Crippen molar-refractivity contribution >= 4 is 5.91 Å². The molecule has 2 aromatic rings. The Morgan fingerprint density at radius 2 is 2.00 bits per heavy atom. The lowest BCUT2D eigenvalue weighted by Crippen LogP contribution is -2.52. The molecule has 5 nitrogen and oxygen atoms in total. The number of hydrogen-bond acceptors (Lipinski definition) is 4. The van der Waals surface area contributed by atoms with Crippen molar-refractivity contribution in [3.63, 3.8) is 0 Å². The minimum atomic E-state index is -0.00113. The number of carbonyl (C=O) groups excluding carboxylic acids is 1. The maximum absolute atomic E-state index is 12.7. The lowest BCUT2D eigenvalue weighted by atomic mass is 9.86. The van der Waals surface area contributed by atoms with E-state index >= 15 is 0 Å². The minimum absolute atomic E-state index is 0.00113. The summed E-state index contributed by atoms with van der Waals surface area (Å²) in [7, 11) is 0. The van der Waals surface area contributed by atoms with Crippen LogP contribution in [0.4, 0.5) is 0 Å². The van der Waals surface area contributed by atoms with E-state index in [0.717, 1.165) is 31.9 Å². The average molecular weight is 297 g/mol. The maximum atomic E-state index is 12.7. The Hall–Kier alpha value is -2.14. The summed E-state index contributed by atoms with van der Waals surface area (Å²) in [6.45, 7) is 3.67. The Labute approximate surface area is 129 Å². The van der Waals surface area contributed by atoms with Crippen molar-refractivity contribution in [2.45, 2.75) is 6.42 Å². The summed E-state index contributed by atoms with van der Waals surface area (Å²) in [6.07, 6.45) is 2.95. The molecule has 4 rings (SSSR count). The summed E-state index contributed by atoms with van der Waals surface area (Å²) in [5, 5.41) is 3.44. The number of piperidine rings is 2. The van der Waals surface area contributed by atoms with Crippen LogP contribution in [0, 0.1) is 11.8 Å². The molecule has 0 aliphatic carbocycles. The molecule has 2 unspecified atom stereocenters. The zero-order valence-corrected chi connectivity index (χ0v) is 12.4. The highest BCUT2D eigenvalue weighted by molar-refractivity contribution is 5.92. The molecule has 2 aliphatic heterocycles. The first-order valence-electron chi connectivity index (χ1n) is 7.81. The van der Waals surface area contributed by atoms with E-state index in [1.54, 1.807) is 12.3 Å². The minimum Gasteiger partial charge on any atom is -0.449 e. The third-order valence-corrected chi connectivity index (χ3v) is 4.51. The van der Waals surface area contributed by atoms with Crippen LogP contribution in [0.25, 0.3) is 11.5 Å². The van der Waals surface area contributed by atoms with Gasteiger partial charge in [0.1, 0.15) is 5.69 Å². The van der Waals surface area contributed by atoms with Gasteiger partial charge in [-0.2, -0.15) is 0 Å². The molecule has 0 spiro atoms. The number of nitrogens with zero attached hydrogens (tertiary/aromatic N) is 2. The molecule has 4 heterocycles. The van der Waals surface area contributed by atoms with Crippen molar-refractivity contribution in [3.05, 3.63) is 42.3 Å². The van der Waals surface area contributed by atoms with Crippen molar-refractivity contribution in [1.29, 1.82) is 0 Å². The van der Waals surface area contributed by atoms with Crippen LogP contribution in [0.1, 0.15) is 17.0 Å². The van der Waals surface area contributed by atoms with Crippen molar-refractivity contribution in [2.75, 3.05) is 26.2 Å². The van der Waals surface area contributed by atoms with E-state index in [2.05, 4.69) is 10.3 Å². The van der Waals surface area contributed by atoms with Crippen LogP contribution >= 0.6 is 0 Å². The molecule has 22 heavy (non-hydrogen) atoms. The molecule has 2 fully saturated rings. The standard InChI is InChI=1S/C17H19N3O2/c21-17(20-10-12-7-13(11-20)9-18-8-12)16-5-4-15(22-16)14-3-1-2-6-19-14/h1-6,12-13,18H,7-11H2. The third-order valence-electron chi connectivity index (χ3n) is 4.51. The van der Waals surface area contributed by atoms with Crippen LogP contribution < -0.4 is 5.32 Å². The van der Waals surface area contributed by atoms with Gasteiger partial charge in [0.05, 0.1) is 0 Å². The second kappa shape index (κ2) is 5.57. The molecule has 0 radical (unpaired) electrons. The van der Waals surface area contributed by atoms with Gasteiger partial charge in [0, 0.05) is 19.3 Å². The normalized spacial score (nSPS) is 24.3. The number of likely N-dealkylation sites (tertiary alicyclic amines) is 1. The van der Waals surface area contributed by atoms with Crippen LogP contribution in [-0.4, -0.2) is 42.0 Å². The quantitative estimate of drug-likeness (QED) is 0.921. The molecular formula is C17H19N3O2. The number of rotatable bonds is 2. The highest BCUT2D eigenvalue weighted by Gasteiger charge is 2.33. The van der Waals surface area contributed by atoms with E-state index < -0.39 is 0 Å². The number of aromatic nitrogens is 1. The Bertz CT molecular complexity index is 656. The summed E-state index contributed by atoms with van der Waals surface area (Å²) in [5.41, 5.74) is 0.751. The van der Waals surface area contributed by atoms with Crippen LogP contribution in [0.3, 0.4) is 0 Å². The van der Waals surface area contributed by atoms with Gasteiger partial charge in [0.25, 0.3) is 5.91 Å². The number of carbonyl (C=O) groups is 1. The summed E-state index contributed by atoms with van der Waals surface area (Å²) in [5.74, 6) is 2.19. The van der Waals surface area contributed by atoms with Crippen molar-refractivity contribution < 1.29 is 9.21 Å². The van der Waals surface area contributed by atoms with E-state index in [4.69, 9.17) is 4.42 Å². The van der Waals surface area contributed by atoms with Gasteiger partial charge in [-0.25, -0.2) is 0 Å². The molecule has 2 saturated heterocycles. The summed E-state index contributed by atoms with van der Waals surface area (Å²) < 4.78 is 5.74. The smallest absolute Gasteiger partial charge is 0.289 e. The molecule has 0 aromatic carbocycles. The number of pyridine rings is 1. The number of fused-ring (bicyclic) bond motifs is 2. The molecule has 2 atom stereocenters. The average Bonchev–Trinajstić information content (AvgIpc) is 3.04. The van der Waals surface area contributed by atoms with Gasteiger partial charge in [-0.1, -0.05) is 6.07 Å². The second-order valence-corrected chi connectivity index (χ2v) is 6.22. The molecule has 0 saturated carbocycles. The van der Waals surface area contributed by atoms with Crippen molar-refractivity contribution in [2.24, 2.45) is 11.8 Å². The Morgan fingerprint density at radius 3 is 2.73 bits per heavy atom. The van der Waals surface area contributed by atoms with E-state index in [1.807, 2.05) is 29.2 Å². The van der Waals surface area contributed by atoms with Crippen molar-refractivity contribution in [3.8, 4) is 11.5 Å². The topological polar surface area (TPSA) is 58.4 Å². The first kappa shape index (κ1) is 13.5. The highest BCUT2D eigenvalue weighted by atomic mass is 16.4. The largest absolute Gasteiger partial charge is 0.449 e. The number of amides is 1. The van der Waals surface area contributed by atoms with Crippen LogP contribution in [0.5, 0.6) is 0 Å². The van der Waals surface area contributed by atoms with E-state index in [-0.39, 0.29) is 5.91 Å². The summed E-state index contributed by atoms with van der Waals surface area (Å²) in [4.78, 5) is 18.9.